The molecule has 1 aromatic carbocycles. The van der Waals surface area contributed by atoms with Gasteiger partial charge in [-0.3, -0.25) is 4.90 Å². The molecule has 1 rings (SSSR count). The van der Waals surface area contributed by atoms with Gasteiger partial charge in [0.2, 0.25) is 0 Å². The molecule has 0 fully saturated rings. The fourth-order valence-corrected chi connectivity index (χ4v) is 2.60. The molecule has 0 saturated carbocycles. The van der Waals surface area contributed by atoms with Gasteiger partial charge in [0, 0.05) is 30.7 Å². The van der Waals surface area contributed by atoms with Gasteiger partial charge in [-0.15, -0.1) is 0 Å². The van der Waals surface area contributed by atoms with Crippen molar-refractivity contribution in [3.63, 3.8) is 0 Å². The van der Waals surface area contributed by atoms with Crippen LogP contribution in [0, 0.1) is 5.92 Å². The van der Waals surface area contributed by atoms with Crippen LogP contribution in [0.25, 0.3) is 0 Å². The fraction of sp³-hybridized carbons (Fsp3) is 0.667. The molecule has 0 aromatic heterocycles. The maximum absolute atomic E-state index is 5.78. The number of benzene rings is 1. The van der Waals surface area contributed by atoms with Crippen molar-refractivity contribution < 1.29 is 4.74 Å². The van der Waals surface area contributed by atoms with Gasteiger partial charge < -0.3 is 10.1 Å². The lowest BCUT2D eigenvalue weighted by molar-refractivity contribution is 0.178. The average molecular weight is 292 g/mol. The van der Waals surface area contributed by atoms with Crippen molar-refractivity contribution in [3.8, 4) is 5.75 Å². The Balaban J connectivity index is 2.91. The van der Waals surface area contributed by atoms with Crippen LogP contribution in [0.15, 0.2) is 24.3 Å². The Hall–Kier alpha value is -1.06. The van der Waals surface area contributed by atoms with Gasteiger partial charge in [-0.2, -0.15) is 0 Å². The SMILES string of the molecule is CCOc1ccccc1C(CN(CC(C)C)C(C)C)NC. The van der Waals surface area contributed by atoms with E-state index in [4.69, 9.17) is 4.74 Å². The van der Waals surface area contributed by atoms with Gasteiger partial charge in [0.25, 0.3) is 0 Å². The number of nitrogens with zero attached hydrogens (tertiary/aromatic N) is 1. The predicted octanol–water partition coefficient (Wildman–Crippen LogP) is 3.71. The number of hydrogen-bond acceptors (Lipinski definition) is 3. The Morgan fingerprint density at radius 2 is 1.76 bits per heavy atom. The summed E-state index contributed by atoms with van der Waals surface area (Å²) < 4.78 is 5.78. The molecule has 0 aliphatic heterocycles. The highest BCUT2D eigenvalue weighted by atomic mass is 16.5. The third-order valence-electron chi connectivity index (χ3n) is 3.69. The van der Waals surface area contributed by atoms with Crippen molar-refractivity contribution in [3.05, 3.63) is 29.8 Å². The predicted molar refractivity (Wildman–Crippen MR) is 91.0 cm³/mol. The highest BCUT2D eigenvalue weighted by molar-refractivity contribution is 5.36. The molecule has 120 valence electrons. The van der Waals surface area contributed by atoms with Crippen LogP contribution in [0.3, 0.4) is 0 Å². The molecule has 1 atom stereocenters. The smallest absolute Gasteiger partial charge is 0.124 e. The van der Waals surface area contributed by atoms with Crippen LogP contribution >= 0.6 is 0 Å². The molecule has 3 heteroatoms. The number of ether oxygens (including phenoxy) is 1. The first kappa shape index (κ1) is 18.0. The topological polar surface area (TPSA) is 24.5 Å². The molecule has 1 unspecified atom stereocenters. The summed E-state index contributed by atoms with van der Waals surface area (Å²) >= 11 is 0. The van der Waals surface area contributed by atoms with E-state index in [-0.39, 0.29) is 6.04 Å². The molecule has 0 bridgehead atoms. The van der Waals surface area contributed by atoms with E-state index < -0.39 is 0 Å². The van der Waals surface area contributed by atoms with Gasteiger partial charge in [-0.25, -0.2) is 0 Å². The fourth-order valence-electron chi connectivity index (χ4n) is 2.60. The summed E-state index contributed by atoms with van der Waals surface area (Å²) in [5.74, 6) is 1.67. The van der Waals surface area contributed by atoms with E-state index >= 15 is 0 Å². The minimum Gasteiger partial charge on any atom is -0.494 e. The van der Waals surface area contributed by atoms with Gasteiger partial charge in [-0.1, -0.05) is 32.0 Å². The monoisotopic (exact) mass is 292 g/mol. The van der Waals surface area contributed by atoms with Crippen LogP contribution in [0.1, 0.15) is 46.2 Å². The molecule has 0 aliphatic rings. The minimum absolute atomic E-state index is 0.286. The largest absolute Gasteiger partial charge is 0.494 e. The first-order chi connectivity index (χ1) is 9.99. The van der Waals surface area contributed by atoms with Crippen molar-refractivity contribution in [1.82, 2.24) is 10.2 Å². The zero-order valence-corrected chi connectivity index (χ0v) is 14.5. The first-order valence-electron chi connectivity index (χ1n) is 8.12. The zero-order chi connectivity index (χ0) is 15.8. The third-order valence-corrected chi connectivity index (χ3v) is 3.69. The molecule has 0 radical (unpaired) electrons. The molecular formula is C18H32N2O. The van der Waals surface area contributed by atoms with Crippen LogP contribution in [-0.4, -0.2) is 37.7 Å². The minimum atomic E-state index is 0.286. The molecule has 0 aliphatic carbocycles. The molecular weight excluding hydrogens is 260 g/mol. The normalized spacial score (nSPS) is 13.2. The van der Waals surface area contributed by atoms with Gasteiger partial charge in [-0.05, 0) is 39.8 Å². The molecule has 3 nitrogen and oxygen atoms in total. The highest BCUT2D eigenvalue weighted by Crippen LogP contribution is 2.26. The first-order valence-corrected chi connectivity index (χ1v) is 8.12. The summed E-state index contributed by atoms with van der Waals surface area (Å²) in [4.78, 5) is 2.54. The maximum Gasteiger partial charge on any atom is 0.124 e. The second kappa shape index (κ2) is 9.06. The van der Waals surface area contributed by atoms with E-state index in [1.54, 1.807) is 0 Å². The Morgan fingerprint density at radius 3 is 2.29 bits per heavy atom. The van der Waals surface area contributed by atoms with E-state index in [0.717, 1.165) is 18.8 Å². The summed E-state index contributed by atoms with van der Waals surface area (Å²) in [6.07, 6.45) is 0. The van der Waals surface area contributed by atoms with E-state index in [2.05, 4.69) is 56.1 Å². The Labute approximate surface area is 130 Å². The summed E-state index contributed by atoms with van der Waals surface area (Å²) in [7, 11) is 2.03. The van der Waals surface area contributed by atoms with Crippen LogP contribution in [-0.2, 0) is 0 Å². The third kappa shape index (κ3) is 5.68. The van der Waals surface area contributed by atoms with Crippen molar-refractivity contribution in [2.45, 2.75) is 46.7 Å². The summed E-state index contributed by atoms with van der Waals surface area (Å²) in [6, 6.07) is 9.18. The maximum atomic E-state index is 5.78. The van der Waals surface area contributed by atoms with E-state index in [1.165, 1.54) is 5.56 Å². The van der Waals surface area contributed by atoms with E-state index in [0.29, 0.717) is 18.6 Å². The van der Waals surface area contributed by atoms with Crippen LogP contribution in [0.2, 0.25) is 0 Å². The number of rotatable bonds is 9. The number of nitrogens with one attached hydrogen (secondary N) is 1. The molecule has 0 saturated heterocycles. The highest BCUT2D eigenvalue weighted by Gasteiger charge is 2.20. The van der Waals surface area contributed by atoms with Crippen molar-refractivity contribution >= 4 is 0 Å². The van der Waals surface area contributed by atoms with Crippen molar-refractivity contribution in [2.75, 3.05) is 26.7 Å². The second-order valence-electron chi connectivity index (χ2n) is 6.25. The van der Waals surface area contributed by atoms with Crippen molar-refractivity contribution in [2.24, 2.45) is 5.92 Å². The van der Waals surface area contributed by atoms with Crippen LogP contribution in [0.5, 0.6) is 5.75 Å². The summed E-state index contributed by atoms with van der Waals surface area (Å²) in [5, 5.41) is 3.45. The summed E-state index contributed by atoms with van der Waals surface area (Å²) in [6.45, 7) is 13.9. The van der Waals surface area contributed by atoms with Crippen LogP contribution in [0.4, 0.5) is 0 Å². The Kier molecular flexibility index (Phi) is 7.76. The average Bonchev–Trinajstić information content (AvgIpc) is 2.44. The van der Waals surface area contributed by atoms with Gasteiger partial charge >= 0.3 is 0 Å². The molecule has 21 heavy (non-hydrogen) atoms. The molecule has 0 amide bonds. The van der Waals surface area contributed by atoms with Gasteiger partial charge in [0.15, 0.2) is 0 Å². The molecule has 1 N–H and O–H groups in total. The number of para-hydroxylation sites is 1. The van der Waals surface area contributed by atoms with E-state index in [9.17, 15) is 0 Å². The lowest BCUT2D eigenvalue weighted by Crippen LogP contribution is -2.40. The lowest BCUT2D eigenvalue weighted by atomic mass is 10.0. The Morgan fingerprint density at radius 1 is 1.10 bits per heavy atom. The van der Waals surface area contributed by atoms with Gasteiger partial charge in [0.1, 0.15) is 5.75 Å². The summed E-state index contributed by atoms with van der Waals surface area (Å²) in [5.41, 5.74) is 1.25. The molecule has 1 aromatic rings. The van der Waals surface area contributed by atoms with Gasteiger partial charge in [0.05, 0.1) is 6.61 Å². The van der Waals surface area contributed by atoms with Crippen molar-refractivity contribution in [1.29, 1.82) is 0 Å². The molecule has 0 heterocycles. The number of likely N-dealkylation sites (N-methyl/N-ethyl adjacent to an activating group) is 1. The van der Waals surface area contributed by atoms with E-state index in [1.807, 2.05) is 20.0 Å². The second-order valence-corrected chi connectivity index (χ2v) is 6.25. The Bertz CT molecular complexity index is 404. The quantitative estimate of drug-likeness (QED) is 0.751. The molecule has 0 spiro atoms. The number of hydrogen-bond donors (Lipinski definition) is 1. The lowest BCUT2D eigenvalue weighted by Gasteiger charge is -2.32. The standard InChI is InChI=1S/C18H32N2O/c1-7-21-18-11-9-8-10-16(18)17(19-6)13-20(15(4)5)12-14(2)3/h8-11,14-15,17,19H,7,12-13H2,1-6H3. The zero-order valence-electron chi connectivity index (χ0n) is 14.5. The van der Waals surface area contributed by atoms with Crippen LogP contribution < -0.4 is 10.1 Å².